The molecule has 0 bridgehead atoms. The van der Waals surface area contributed by atoms with Crippen LogP contribution in [-0.2, 0) is 25.6 Å². The van der Waals surface area contributed by atoms with Gasteiger partial charge in [-0.15, -0.1) is 0 Å². The highest BCUT2D eigenvalue weighted by atomic mass is 19.1. The molecular formula is C29H33FN4O6. The number of cyclic esters (lactones) is 1. The van der Waals surface area contributed by atoms with Gasteiger partial charge in [0.2, 0.25) is 11.8 Å². The topological polar surface area (TPSA) is 117 Å². The van der Waals surface area contributed by atoms with E-state index >= 15 is 4.39 Å². The molecular weight excluding hydrogens is 519 g/mol. The molecule has 1 saturated heterocycles. The normalized spacial score (nSPS) is 18.5. The van der Waals surface area contributed by atoms with Crippen LogP contribution in [0.2, 0.25) is 0 Å². The summed E-state index contributed by atoms with van der Waals surface area (Å²) in [6, 6.07) is 10.8. The number of amides is 4. The summed E-state index contributed by atoms with van der Waals surface area (Å²) in [7, 11) is 0. The second-order valence-corrected chi connectivity index (χ2v) is 10.6. The number of rotatable bonds is 7. The molecule has 11 heteroatoms. The van der Waals surface area contributed by atoms with Crippen molar-refractivity contribution < 1.29 is 33.0 Å². The predicted molar refractivity (Wildman–Crippen MR) is 146 cm³/mol. The SMILES string of the molecule is CC(=O)NC[C@H]1CN(c2ccc(-c3ccc(CNC(=O)C4C=CCN4C(=O)OC(C)(C)C)cc3)c(F)c2)C(=O)O1. The number of carbonyl (C=O) groups excluding carboxylic acids is 4. The molecule has 0 saturated carbocycles. The van der Waals surface area contributed by atoms with Gasteiger partial charge in [0.15, 0.2) is 0 Å². The van der Waals surface area contributed by atoms with Crippen molar-refractivity contribution in [3.63, 3.8) is 0 Å². The third-order valence-electron chi connectivity index (χ3n) is 6.30. The fourth-order valence-electron chi connectivity index (χ4n) is 4.36. The highest BCUT2D eigenvalue weighted by Crippen LogP contribution is 2.29. The molecule has 2 aliphatic rings. The molecule has 1 fully saturated rings. The maximum Gasteiger partial charge on any atom is 0.414 e. The summed E-state index contributed by atoms with van der Waals surface area (Å²) in [5.41, 5.74) is 1.47. The minimum atomic E-state index is -0.754. The van der Waals surface area contributed by atoms with Crippen LogP contribution in [0, 0.1) is 5.82 Å². The van der Waals surface area contributed by atoms with Gasteiger partial charge in [0.05, 0.1) is 18.8 Å². The fourth-order valence-corrected chi connectivity index (χ4v) is 4.36. The molecule has 0 aliphatic carbocycles. The van der Waals surface area contributed by atoms with Crippen molar-refractivity contribution in [1.29, 1.82) is 0 Å². The molecule has 0 spiro atoms. The molecule has 40 heavy (non-hydrogen) atoms. The zero-order valence-corrected chi connectivity index (χ0v) is 22.9. The maximum absolute atomic E-state index is 15.1. The average molecular weight is 553 g/mol. The van der Waals surface area contributed by atoms with Gasteiger partial charge in [-0.1, -0.05) is 36.4 Å². The van der Waals surface area contributed by atoms with Gasteiger partial charge in [0, 0.05) is 25.6 Å². The van der Waals surface area contributed by atoms with Crippen molar-refractivity contribution >= 4 is 29.7 Å². The summed E-state index contributed by atoms with van der Waals surface area (Å²) in [5, 5.41) is 5.44. The van der Waals surface area contributed by atoms with Gasteiger partial charge >= 0.3 is 12.2 Å². The van der Waals surface area contributed by atoms with Crippen LogP contribution in [0.4, 0.5) is 19.7 Å². The van der Waals surface area contributed by atoms with Gasteiger partial charge in [0.1, 0.15) is 23.6 Å². The Morgan fingerprint density at radius 3 is 2.48 bits per heavy atom. The summed E-state index contributed by atoms with van der Waals surface area (Å²) in [6.07, 6.45) is 1.74. The molecule has 2 heterocycles. The Morgan fingerprint density at radius 2 is 1.82 bits per heavy atom. The number of anilines is 1. The molecule has 0 radical (unpaired) electrons. The lowest BCUT2D eigenvalue weighted by atomic mass is 10.0. The molecule has 1 unspecified atom stereocenters. The molecule has 2 N–H and O–H groups in total. The summed E-state index contributed by atoms with van der Waals surface area (Å²) in [6.45, 7) is 7.58. The first-order valence-electron chi connectivity index (χ1n) is 13.0. The molecule has 0 aromatic heterocycles. The molecule has 212 valence electrons. The Kier molecular flexibility index (Phi) is 8.41. The zero-order valence-electron chi connectivity index (χ0n) is 22.9. The van der Waals surface area contributed by atoms with Crippen LogP contribution in [0.15, 0.2) is 54.6 Å². The highest BCUT2D eigenvalue weighted by Gasteiger charge is 2.34. The smallest absolute Gasteiger partial charge is 0.414 e. The van der Waals surface area contributed by atoms with Crippen LogP contribution in [0.1, 0.15) is 33.3 Å². The standard InChI is InChI=1S/C29H33FN4O6/c1-18(35)31-16-22-17-34(27(37)39-22)21-11-12-23(24(30)14-21)20-9-7-19(8-10-20)15-32-26(36)25-6-5-13-33(25)28(38)40-29(2,3)4/h5-12,14,22,25H,13,15-17H2,1-4H3,(H,31,35)(H,32,36)/t22-,25?/m0/s1. The van der Waals surface area contributed by atoms with Crippen LogP contribution in [0.3, 0.4) is 0 Å². The van der Waals surface area contributed by atoms with E-state index in [1.165, 1.54) is 22.8 Å². The van der Waals surface area contributed by atoms with E-state index in [2.05, 4.69) is 10.6 Å². The van der Waals surface area contributed by atoms with Crippen molar-refractivity contribution in [3.05, 3.63) is 66.0 Å². The van der Waals surface area contributed by atoms with E-state index in [0.29, 0.717) is 23.4 Å². The second-order valence-electron chi connectivity index (χ2n) is 10.6. The summed E-state index contributed by atoms with van der Waals surface area (Å²) >= 11 is 0. The molecule has 10 nitrogen and oxygen atoms in total. The maximum atomic E-state index is 15.1. The predicted octanol–water partition coefficient (Wildman–Crippen LogP) is 3.75. The third kappa shape index (κ3) is 6.96. The van der Waals surface area contributed by atoms with E-state index in [0.717, 1.165) is 5.56 Å². The number of hydrogen-bond acceptors (Lipinski definition) is 6. The van der Waals surface area contributed by atoms with Crippen molar-refractivity contribution in [2.24, 2.45) is 0 Å². The van der Waals surface area contributed by atoms with Crippen molar-refractivity contribution in [1.82, 2.24) is 15.5 Å². The van der Waals surface area contributed by atoms with Gasteiger partial charge < -0.3 is 20.1 Å². The number of hydrogen-bond donors (Lipinski definition) is 2. The van der Waals surface area contributed by atoms with E-state index in [1.54, 1.807) is 69.3 Å². The van der Waals surface area contributed by atoms with Crippen LogP contribution in [-0.4, -0.2) is 66.3 Å². The van der Waals surface area contributed by atoms with Crippen LogP contribution < -0.4 is 15.5 Å². The molecule has 2 aromatic carbocycles. The Balaban J connectivity index is 1.35. The van der Waals surface area contributed by atoms with Crippen molar-refractivity contribution in [2.45, 2.75) is 52.0 Å². The van der Waals surface area contributed by atoms with Crippen LogP contribution in [0.25, 0.3) is 11.1 Å². The summed E-state index contributed by atoms with van der Waals surface area (Å²) in [4.78, 5) is 51.2. The number of nitrogens with one attached hydrogen (secondary N) is 2. The first-order chi connectivity index (χ1) is 18.9. The monoisotopic (exact) mass is 552 g/mol. The van der Waals surface area contributed by atoms with Crippen molar-refractivity contribution in [3.8, 4) is 11.1 Å². The molecule has 4 rings (SSSR count). The molecule has 2 aliphatic heterocycles. The van der Waals surface area contributed by atoms with Gasteiger partial charge in [-0.05, 0) is 50.1 Å². The zero-order chi connectivity index (χ0) is 29.0. The lowest BCUT2D eigenvalue weighted by Crippen LogP contribution is -2.47. The van der Waals surface area contributed by atoms with Gasteiger partial charge in [0.25, 0.3) is 0 Å². The highest BCUT2D eigenvalue weighted by molar-refractivity contribution is 5.90. The van der Waals surface area contributed by atoms with Gasteiger partial charge in [-0.25, -0.2) is 14.0 Å². The second kappa shape index (κ2) is 11.8. The van der Waals surface area contributed by atoms with Crippen LogP contribution in [0.5, 0.6) is 0 Å². The number of nitrogens with zero attached hydrogens (tertiary/aromatic N) is 2. The summed E-state index contributed by atoms with van der Waals surface area (Å²) < 4.78 is 25.7. The van der Waals surface area contributed by atoms with Crippen LogP contribution >= 0.6 is 0 Å². The Hall–Kier alpha value is -4.41. The number of benzene rings is 2. The lowest BCUT2D eigenvalue weighted by molar-refractivity contribution is -0.124. The minimum absolute atomic E-state index is 0.185. The Morgan fingerprint density at radius 1 is 1.10 bits per heavy atom. The molecule has 2 atom stereocenters. The van der Waals surface area contributed by atoms with E-state index in [-0.39, 0.29) is 31.4 Å². The Labute approximate surface area is 232 Å². The fraction of sp³-hybridized carbons (Fsp3) is 0.379. The van der Waals surface area contributed by atoms with Gasteiger partial charge in [-0.3, -0.25) is 19.4 Å². The first kappa shape index (κ1) is 28.6. The lowest BCUT2D eigenvalue weighted by Gasteiger charge is -2.28. The van der Waals surface area contributed by atoms with Gasteiger partial charge in [-0.2, -0.15) is 0 Å². The van der Waals surface area contributed by atoms with Crippen molar-refractivity contribution in [2.75, 3.05) is 24.5 Å². The minimum Gasteiger partial charge on any atom is -0.444 e. The van der Waals surface area contributed by atoms with E-state index in [1.807, 2.05) is 0 Å². The largest absolute Gasteiger partial charge is 0.444 e. The number of halogens is 1. The first-order valence-corrected chi connectivity index (χ1v) is 13.0. The van der Waals surface area contributed by atoms with E-state index in [9.17, 15) is 19.2 Å². The van der Waals surface area contributed by atoms with E-state index < -0.39 is 35.8 Å². The summed E-state index contributed by atoms with van der Waals surface area (Å²) in [5.74, 6) is -1.06. The number of ether oxygens (including phenoxy) is 2. The quantitative estimate of drug-likeness (QED) is 0.506. The molecule has 2 aromatic rings. The molecule has 4 amide bonds. The van der Waals surface area contributed by atoms with E-state index in [4.69, 9.17) is 9.47 Å². The number of carbonyl (C=O) groups is 4. The third-order valence-corrected chi connectivity index (χ3v) is 6.30. The average Bonchev–Trinajstić information content (AvgIpc) is 3.52. The Bertz CT molecular complexity index is 1320.